The van der Waals surface area contributed by atoms with Crippen LogP contribution < -0.4 is 9.62 Å². The summed E-state index contributed by atoms with van der Waals surface area (Å²) < 4.78 is 29.8. The molecule has 0 spiro atoms. The van der Waals surface area contributed by atoms with Crippen molar-refractivity contribution in [2.75, 3.05) is 17.9 Å². The Kier molecular flexibility index (Phi) is 10.9. The first-order valence-corrected chi connectivity index (χ1v) is 16.3. The fourth-order valence-electron chi connectivity index (χ4n) is 4.53. The number of carbonyl (C=O) groups excluding carboxylic acids is 2. The summed E-state index contributed by atoms with van der Waals surface area (Å²) in [4.78, 5) is 29.1. The maximum absolute atomic E-state index is 14.3. The van der Waals surface area contributed by atoms with Gasteiger partial charge in [0.05, 0.1) is 20.6 Å². The van der Waals surface area contributed by atoms with E-state index in [0.717, 1.165) is 19.9 Å². The van der Waals surface area contributed by atoms with Gasteiger partial charge in [0.1, 0.15) is 12.6 Å². The Bertz CT molecular complexity index is 1690. The van der Waals surface area contributed by atoms with Crippen molar-refractivity contribution in [1.82, 2.24) is 10.2 Å². The zero-order valence-corrected chi connectivity index (χ0v) is 27.4. The van der Waals surface area contributed by atoms with E-state index in [1.807, 2.05) is 37.3 Å². The molecule has 1 N–H and O–H groups in total. The first-order chi connectivity index (χ1) is 20.5. The number of amides is 2. The highest BCUT2D eigenvalue weighted by Gasteiger charge is 2.34. The second-order valence-corrected chi connectivity index (χ2v) is 13.5. The predicted octanol–water partition coefficient (Wildman–Crippen LogP) is 6.65. The summed E-state index contributed by atoms with van der Waals surface area (Å²) in [5, 5.41) is 3.31. The minimum absolute atomic E-state index is 0.0145. The lowest BCUT2D eigenvalue weighted by molar-refractivity contribution is -0.139. The zero-order chi connectivity index (χ0) is 31.1. The van der Waals surface area contributed by atoms with Crippen LogP contribution in [0.3, 0.4) is 0 Å². The average molecular weight is 703 g/mol. The summed E-state index contributed by atoms with van der Waals surface area (Å²) in [5.74, 6) is -0.969. The predicted molar refractivity (Wildman–Crippen MR) is 175 cm³/mol. The summed E-state index contributed by atoms with van der Waals surface area (Å²) in [7, 11) is -2.68. The number of anilines is 1. The molecule has 4 aromatic carbocycles. The van der Waals surface area contributed by atoms with E-state index in [4.69, 9.17) is 23.2 Å². The van der Waals surface area contributed by atoms with Crippen molar-refractivity contribution in [2.45, 2.75) is 30.8 Å². The van der Waals surface area contributed by atoms with Crippen molar-refractivity contribution < 1.29 is 18.0 Å². The minimum atomic E-state index is -4.18. The Hall–Kier alpha value is -3.37. The molecule has 0 aromatic heterocycles. The molecule has 0 fully saturated rings. The number of halogens is 3. The van der Waals surface area contributed by atoms with Gasteiger partial charge >= 0.3 is 0 Å². The number of hydrogen-bond acceptors (Lipinski definition) is 4. The van der Waals surface area contributed by atoms with Crippen LogP contribution in [0.4, 0.5) is 5.69 Å². The van der Waals surface area contributed by atoms with Crippen LogP contribution in [-0.4, -0.2) is 44.8 Å². The number of rotatable bonds is 11. The molecule has 0 aliphatic heterocycles. The van der Waals surface area contributed by atoms with Gasteiger partial charge < -0.3 is 10.2 Å². The molecule has 0 bridgehead atoms. The number of likely N-dealkylation sites (N-methyl/N-ethyl adjacent to an activating group) is 1. The third kappa shape index (κ3) is 8.17. The molecule has 7 nitrogen and oxygen atoms in total. The van der Waals surface area contributed by atoms with Gasteiger partial charge in [0.25, 0.3) is 10.0 Å². The smallest absolute Gasteiger partial charge is 0.264 e. The Morgan fingerprint density at radius 2 is 1.51 bits per heavy atom. The van der Waals surface area contributed by atoms with Crippen molar-refractivity contribution in [3.05, 3.63) is 128 Å². The largest absolute Gasteiger partial charge is 0.357 e. The Balaban J connectivity index is 1.79. The fraction of sp³-hybridized carbons (Fsp3) is 0.188. The lowest BCUT2D eigenvalue weighted by Crippen LogP contribution is -2.53. The van der Waals surface area contributed by atoms with Gasteiger partial charge in [-0.3, -0.25) is 13.9 Å². The standard InChI is InChI=1S/C32H30BrCl2N3O4S/c1-22-8-15-27(16-9-22)43(41,42)38(26-13-11-25(33)12-14-26)21-31(39)37(20-24-10-17-28(34)29(35)18-24)30(32(40)36-2)19-23-6-4-3-5-7-23/h3-18,30H,19-21H2,1-2H3,(H,36,40)/t30-/m1/s1. The number of benzene rings is 4. The molecule has 4 aromatic rings. The highest BCUT2D eigenvalue weighted by atomic mass is 79.9. The number of hydrogen-bond donors (Lipinski definition) is 1. The number of carbonyl (C=O) groups is 2. The molecule has 1 atom stereocenters. The van der Waals surface area contributed by atoms with Crippen molar-refractivity contribution in [2.24, 2.45) is 0 Å². The molecule has 0 saturated heterocycles. The molecule has 2 amide bonds. The van der Waals surface area contributed by atoms with E-state index < -0.39 is 34.4 Å². The first kappa shape index (κ1) is 32.5. The van der Waals surface area contributed by atoms with Crippen molar-refractivity contribution >= 4 is 66.7 Å². The average Bonchev–Trinajstić information content (AvgIpc) is 3.00. The molecule has 4 rings (SSSR count). The monoisotopic (exact) mass is 701 g/mol. The van der Waals surface area contributed by atoms with Gasteiger partial charge in [0.2, 0.25) is 11.8 Å². The fourth-order valence-corrected chi connectivity index (χ4v) is 6.53. The van der Waals surface area contributed by atoms with Crippen molar-refractivity contribution in [1.29, 1.82) is 0 Å². The van der Waals surface area contributed by atoms with Crippen LogP contribution >= 0.6 is 39.1 Å². The summed E-state index contributed by atoms with van der Waals surface area (Å²) in [6.07, 6.45) is 0.205. The summed E-state index contributed by atoms with van der Waals surface area (Å²) >= 11 is 15.8. The van der Waals surface area contributed by atoms with Crippen LogP contribution in [0, 0.1) is 6.92 Å². The van der Waals surface area contributed by atoms with Crippen LogP contribution in [-0.2, 0) is 32.6 Å². The van der Waals surface area contributed by atoms with E-state index in [2.05, 4.69) is 21.2 Å². The SMILES string of the molecule is CNC(=O)[C@@H](Cc1ccccc1)N(Cc1ccc(Cl)c(Cl)c1)C(=O)CN(c1ccc(Br)cc1)S(=O)(=O)c1ccc(C)cc1. The van der Waals surface area contributed by atoms with E-state index in [0.29, 0.717) is 21.3 Å². The zero-order valence-electron chi connectivity index (χ0n) is 23.5. The molecule has 43 heavy (non-hydrogen) atoms. The quantitative estimate of drug-likeness (QED) is 0.190. The van der Waals surface area contributed by atoms with E-state index >= 15 is 0 Å². The third-order valence-electron chi connectivity index (χ3n) is 6.86. The van der Waals surface area contributed by atoms with Crippen LogP contribution in [0.2, 0.25) is 10.0 Å². The molecule has 0 aliphatic rings. The number of nitrogens with one attached hydrogen (secondary N) is 1. The maximum atomic E-state index is 14.3. The molecule has 0 saturated carbocycles. The maximum Gasteiger partial charge on any atom is 0.264 e. The molecule has 0 aliphatic carbocycles. The van der Waals surface area contributed by atoms with Crippen LogP contribution in [0.5, 0.6) is 0 Å². The van der Waals surface area contributed by atoms with Gasteiger partial charge in [0.15, 0.2) is 0 Å². The number of sulfonamides is 1. The molecule has 224 valence electrons. The van der Waals surface area contributed by atoms with Crippen LogP contribution in [0.1, 0.15) is 16.7 Å². The minimum Gasteiger partial charge on any atom is -0.357 e. The van der Waals surface area contributed by atoms with Gasteiger partial charge in [-0.2, -0.15) is 0 Å². The highest BCUT2D eigenvalue weighted by molar-refractivity contribution is 9.10. The van der Waals surface area contributed by atoms with Crippen LogP contribution in [0.25, 0.3) is 0 Å². The van der Waals surface area contributed by atoms with E-state index in [9.17, 15) is 18.0 Å². The van der Waals surface area contributed by atoms with Crippen molar-refractivity contribution in [3.63, 3.8) is 0 Å². The van der Waals surface area contributed by atoms with Gasteiger partial charge in [0, 0.05) is 24.5 Å². The lowest BCUT2D eigenvalue weighted by Gasteiger charge is -2.33. The molecule has 11 heteroatoms. The van der Waals surface area contributed by atoms with Gasteiger partial charge in [-0.15, -0.1) is 0 Å². The molecular weight excluding hydrogens is 673 g/mol. The highest BCUT2D eigenvalue weighted by Crippen LogP contribution is 2.28. The topological polar surface area (TPSA) is 86.8 Å². The normalized spacial score (nSPS) is 11.9. The first-order valence-electron chi connectivity index (χ1n) is 13.3. The molecule has 0 radical (unpaired) electrons. The van der Waals surface area contributed by atoms with E-state index in [1.165, 1.54) is 24.1 Å². The number of nitrogens with zero attached hydrogens (tertiary/aromatic N) is 2. The summed E-state index contributed by atoms with van der Waals surface area (Å²) in [6, 6.07) is 26.4. The summed E-state index contributed by atoms with van der Waals surface area (Å²) in [5.41, 5.74) is 2.65. The second kappa shape index (κ2) is 14.4. The Morgan fingerprint density at radius 1 is 0.860 bits per heavy atom. The van der Waals surface area contributed by atoms with Crippen LogP contribution in [0.15, 0.2) is 106 Å². The molecule has 0 unspecified atom stereocenters. The Morgan fingerprint density at radius 3 is 2.12 bits per heavy atom. The third-order valence-corrected chi connectivity index (χ3v) is 9.91. The van der Waals surface area contributed by atoms with E-state index in [-0.39, 0.29) is 17.9 Å². The van der Waals surface area contributed by atoms with E-state index in [1.54, 1.807) is 54.6 Å². The number of aryl methyl sites for hydroxylation is 1. The molecule has 0 heterocycles. The lowest BCUT2D eigenvalue weighted by atomic mass is 10.0. The van der Waals surface area contributed by atoms with Crippen molar-refractivity contribution in [3.8, 4) is 0 Å². The van der Waals surface area contributed by atoms with Gasteiger partial charge in [-0.1, -0.05) is 93.2 Å². The summed E-state index contributed by atoms with van der Waals surface area (Å²) in [6.45, 7) is 1.29. The molecular formula is C32H30BrCl2N3O4S. The van der Waals surface area contributed by atoms with Gasteiger partial charge in [-0.25, -0.2) is 8.42 Å². The second-order valence-electron chi connectivity index (χ2n) is 9.89. The van der Waals surface area contributed by atoms with Gasteiger partial charge in [-0.05, 0) is 66.6 Å². The Labute approximate surface area is 270 Å².